The van der Waals surface area contributed by atoms with E-state index in [0.29, 0.717) is 30.3 Å². The van der Waals surface area contributed by atoms with Crippen LogP contribution >= 0.6 is 15.9 Å². The van der Waals surface area contributed by atoms with Gasteiger partial charge in [0.2, 0.25) is 0 Å². The number of carbonyl (C=O) groups is 1. The summed E-state index contributed by atoms with van der Waals surface area (Å²) in [5.74, 6) is 0.905. The highest BCUT2D eigenvalue weighted by molar-refractivity contribution is 9.10. The van der Waals surface area contributed by atoms with Crippen molar-refractivity contribution in [3.8, 4) is 11.5 Å². The maximum absolute atomic E-state index is 12.6. The number of hydrogen-bond acceptors (Lipinski definition) is 5. The number of nitrogens with one attached hydrogen (secondary N) is 1. The largest absolute Gasteiger partial charge is 0.486 e. The number of fused-ring (bicyclic) bond motifs is 1. The number of rotatable bonds is 4. The Hall–Kier alpha value is -2.61. The van der Waals surface area contributed by atoms with Crippen LogP contribution in [0, 0.1) is 17.0 Å². The van der Waals surface area contributed by atoms with Crippen LogP contribution in [0.1, 0.15) is 34.5 Å². The summed E-state index contributed by atoms with van der Waals surface area (Å²) in [6.45, 7) is 4.37. The Morgan fingerprint density at radius 1 is 1.27 bits per heavy atom. The summed E-state index contributed by atoms with van der Waals surface area (Å²) in [5, 5.41) is 13.9. The number of carbonyl (C=O) groups excluding carboxylic acids is 1. The van der Waals surface area contributed by atoms with Crippen molar-refractivity contribution >= 4 is 27.5 Å². The first-order valence-electron chi connectivity index (χ1n) is 8.02. The van der Waals surface area contributed by atoms with Gasteiger partial charge in [0.05, 0.1) is 11.0 Å². The van der Waals surface area contributed by atoms with E-state index in [1.54, 1.807) is 13.0 Å². The fourth-order valence-corrected chi connectivity index (χ4v) is 3.50. The third kappa shape index (κ3) is 3.50. The van der Waals surface area contributed by atoms with Gasteiger partial charge in [0, 0.05) is 21.7 Å². The second kappa shape index (κ2) is 7.33. The topological polar surface area (TPSA) is 90.7 Å². The second-order valence-corrected chi connectivity index (χ2v) is 6.77. The molecule has 2 aromatic carbocycles. The van der Waals surface area contributed by atoms with Crippen LogP contribution in [-0.2, 0) is 0 Å². The Morgan fingerprint density at radius 2 is 1.92 bits per heavy atom. The standard InChI is InChI=1S/C18H17BrN2O5/c1-10-12(4-3-5-15(10)21(23)24)18(22)20-11(2)13-8-16-17(9-14(13)19)26-7-6-25-16/h3-5,8-9,11H,6-7H2,1-2H3,(H,20,22). The van der Waals surface area contributed by atoms with Crippen molar-refractivity contribution < 1.29 is 19.2 Å². The first-order valence-corrected chi connectivity index (χ1v) is 8.81. The molecule has 0 bridgehead atoms. The van der Waals surface area contributed by atoms with Gasteiger partial charge in [-0.3, -0.25) is 14.9 Å². The van der Waals surface area contributed by atoms with Crippen LogP contribution in [0.3, 0.4) is 0 Å². The van der Waals surface area contributed by atoms with Gasteiger partial charge in [0.15, 0.2) is 11.5 Å². The molecule has 1 unspecified atom stereocenters. The Labute approximate surface area is 158 Å². The van der Waals surface area contributed by atoms with Crippen LogP contribution in [0.4, 0.5) is 5.69 Å². The van der Waals surface area contributed by atoms with Crippen LogP contribution in [0.5, 0.6) is 11.5 Å². The van der Waals surface area contributed by atoms with Gasteiger partial charge in [0.1, 0.15) is 13.2 Å². The fourth-order valence-electron chi connectivity index (χ4n) is 2.83. The molecule has 2 aromatic rings. The van der Waals surface area contributed by atoms with E-state index >= 15 is 0 Å². The van der Waals surface area contributed by atoms with Crippen molar-refractivity contribution in [1.82, 2.24) is 5.32 Å². The van der Waals surface area contributed by atoms with E-state index in [4.69, 9.17) is 9.47 Å². The van der Waals surface area contributed by atoms with Crippen molar-refractivity contribution in [3.05, 3.63) is 61.6 Å². The summed E-state index contributed by atoms with van der Waals surface area (Å²) in [6, 6.07) is 7.75. The van der Waals surface area contributed by atoms with E-state index in [1.807, 2.05) is 19.1 Å². The van der Waals surface area contributed by atoms with Gasteiger partial charge in [-0.25, -0.2) is 0 Å². The molecule has 1 aliphatic rings. The molecule has 0 aromatic heterocycles. The molecule has 26 heavy (non-hydrogen) atoms. The molecule has 0 saturated heterocycles. The summed E-state index contributed by atoms with van der Waals surface area (Å²) >= 11 is 3.49. The van der Waals surface area contributed by atoms with Crippen LogP contribution in [0.2, 0.25) is 0 Å². The van der Waals surface area contributed by atoms with Crippen molar-refractivity contribution in [3.63, 3.8) is 0 Å². The number of hydrogen-bond donors (Lipinski definition) is 1. The van der Waals surface area contributed by atoms with Gasteiger partial charge in [-0.15, -0.1) is 0 Å². The number of benzene rings is 2. The summed E-state index contributed by atoms with van der Waals surface area (Å²) in [7, 11) is 0. The molecule has 0 fully saturated rings. The van der Waals surface area contributed by atoms with Crippen molar-refractivity contribution in [2.75, 3.05) is 13.2 Å². The molecular weight excluding hydrogens is 404 g/mol. The molecule has 1 amide bonds. The number of nitro benzene ring substituents is 1. The molecule has 1 atom stereocenters. The van der Waals surface area contributed by atoms with E-state index in [2.05, 4.69) is 21.2 Å². The lowest BCUT2D eigenvalue weighted by Crippen LogP contribution is -2.28. The highest BCUT2D eigenvalue weighted by Gasteiger charge is 2.22. The number of nitro groups is 1. The van der Waals surface area contributed by atoms with Gasteiger partial charge < -0.3 is 14.8 Å². The maximum atomic E-state index is 12.6. The summed E-state index contributed by atoms with van der Waals surface area (Å²) in [4.78, 5) is 23.2. The molecular formula is C18H17BrN2O5. The Balaban J connectivity index is 1.84. The van der Waals surface area contributed by atoms with Crippen molar-refractivity contribution in [1.29, 1.82) is 0 Å². The molecule has 0 aliphatic carbocycles. The number of halogens is 1. The van der Waals surface area contributed by atoms with Crippen LogP contribution in [0.15, 0.2) is 34.8 Å². The normalized spacial score (nSPS) is 13.8. The Bertz CT molecular complexity index is 884. The lowest BCUT2D eigenvalue weighted by molar-refractivity contribution is -0.385. The lowest BCUT2D eigenvalue weighted by Gasteiger charge is -2.22. The zero-order valence-corrected chi connectivity index (χ0v) is 15.8. The zero-order valence-electron chi connectivity index (χ0n) is 14.2. The van der Waals surface area contributed by atoms with Crippen molar-refractivity contribution in [2.45, 2.75) is 19.9 Å². The molecule has 1 heterocycles. The monoisotopic (exact) mass is 420 g/mol. The van der Waals surface area contributed by atoms with Gasteiger partial charge in [0.25, 0.3) is 11.6 Å². The van der Waals surface area contributed by atoms with E-state index in [-0.39, 0.29) is 23.2 Å². The van der Waals surface area contributed by atoms with Crippen LogP contribution in [-0.4, -0.2) is 24.0 Å². The lowest BCUT2D eigenvalue weighted by atomic mass is 10.0. The smallest absolute Gasteiger partial charge is 0.273 e. The summed E-state index contributed by atoms with van der Waals surface area (Å²) < 4.78 is 11.9. The predicted octanol–water partition coefficient (Wildman–Crippen LogP) is 3.93. The fraction of sp³-hybridized carbons (Fsp3) is 0.278. The second-order valence-electron chi connectivity index (χ2n) is 5.92. The predicted molar refractivity (Wildman–Crippen MR) is 98.8 cm³/mol. The Kier molecular flexibility index (Phi) is 5.13. The van der Waals surface area contributed by atoms with Gasteiger partial charge >= 0.3 is 0 Å². The highest BCUT2D eigenvalue weighted by Crippen LogP contribution is 2.37. The molecule has 1 aliphatic heterocycles. The third-order valence-electron chi connectivity index (χ3n) is 4.22. The van der Waals surface area contributed by atoms with Gasteiger partial charge in [-0.1, -0.05) is 22.0 Å². The van der Waals surface area contributed by atoms with Gasteiger partial charge in [-0.2, -0.15) is 0 Å². The van der Waals surface area contributed by atoms with Crippen LogP contribution < -0.4 is 14.8 Å². The van der Waals surface area contributed by atoms with Crippen LogP contribution in [0.25, 0.3) is 0 Å². The van der Waals surface area contributed by atoms with E-state index < -0.39 is 4.92 Å². The van der Waals surface area contributed by atoms with Gasteiger partial charge in [-0.05, 0) is 37.6 Å². The molecule has 8 heteroatoms. The molecule has 136 valence electrons. The summed E-state index contributed by atoms with van der Waals surface area (Å²) in [6.07, 6.45) is 0. The minimum Gasteiger partial charge on any atom is -0.486 e. The molecule has 0 radical (unpaired) electrons. The molecule has 0 spiro atoms. The third-order valence-corrected chi connectivity index (χ3v) is 4.91. The van der Waals surface area contributed by atoms with Crippen molar-refractivity contribution in [2.24, 2.45) is 0 Å². The Morgan fingerprint density at radius 3 is 2.58 bits per heavy atom. The average molecular weight is 421 g/mol. The average Bonchev–Trinajstić information content (AvgIpc) is 2.60. The highest BCUT2D eigenvalue weighted by atomic mass is 79.9. The maximum Gasteiger partial charge on any atom is 0.273 e. The first kappa shape index (κ1) is 18.2. The minimum absolute atomic E-state index is 0.0780. The number of amides is 1. The SMILES string of the molecule is Cc1c(C(=O)NC(C)c2cc3c(cc2Br)OCCO3)cccc1[N+](=O)[O-]. The minimum atomic E-state index is -0.493. The molecule has 3 rings (SSSR count). The zero-order chi connectivity index (χ0) is 18.8. The molecule has 7 nitrogen and oxygen atoms in total. The van der Waals surface area contributed by atoms with E-state index in [1.165, 1.54) is 12.1 Å². The molecule has 1 N–H and O–H groups in total. The summed E-state index contributed by atoms with van der Waals surface area (Å²) in [5.41, 5.74) is 1.36. The quantitative estimate of drug-likeness (QED) is 0.597. The first-order chi connectivity index (χ1) is 12.4. The molecule has 0 saturated carbocycles. The number of ether oxygens (including phenoxy) is 2. The number of nitrogens with zero attached hydrogens (tertiary/aromatic N) is 1. The van der Waals surface area contributed by atoms with E-state index in [0.717, 1.165) is 10.0 Å². The van der Waals surface area contributed by atoms with E-state index in [9.17, 15) is 14.9 Å².